The maximum atomic E-state index is 15.6. The Kier molecular flexibility index (Phi) is 8.58. The van der Waals surface area contributed by atoms with Crippen LogP contribution < -0.4 is 10.1 Å². The van der Waals surface area contributed by atoms with Crippen LogP contribution in [0.25, 0.3) is 0 Å². The second-order valence-corrected chi connectivity index (χ2v) is 11.7. The lowest BCUT2D eigenvalue weighted by Crippen LogP contribution is -2.36. The third-order valence-corrected chi connectivity index (χ3v) is 8.30. The Labute approximate surface area is 224 Å². The monoisotopic (exact) mass is 531 g/mol. The molecule has 5 nitrogen and oxygen atoms in total. The maximum Gasteiger partial charge on any atom is 0.317 e. The first kappa shape index (κ1) is 28.2. The van der Waals surface area contributed by atoms with Gasteiger partial charge in [-0.15, -0.1) is 0 Å². The van der Waals surface area contributed by atoms with Gasteiger partial charge in [-0.1, -0.05) is 19.1 Å². The molecule has 8 heteroatoms. The zero-order valence-corrected chi connectivity index (χ0v) is 22.9. The quantitative estimate of drug-likeness (QED) is 0.411. The van der Waals surface area contributed by atoms with Crippen LogP contribution in [0.5, 0.6) is 5.75 Å². The highest BCUT2D eigenvalue weighted by atomic mass is 19.3. The zero-order valence-electron chi connectivity index (χ0n) is 22.9. The normalized spacial score (nSPS) is 23.3. The summed E-state index contributed by atoms with van der Waals surface area (Å²) < 4.78 is 49.4. The van der Waals surface area contributed by atoms with Crippen LogP contribution >= 0.6 is 0 Å². The second kappa shape index (κ2) is 11.5. The molecule has 1 aromatic heterocycles. The standard InChI is InChI=1S/C30H40F3N3O2/c1-20(35-28(37)36(3)4)22-8-10-24(11-9-22)38-25-7-5-6-21(19-25)18-23-12-17-34-27(26(23)31)29(2)13-15-30(32,33)16-14-29/h8-12,17,20-21,25H,5-7,13-16,18-19H2,1-4H3,(H,35,37). The van der Waals surface area contributed by atoms with Gasteiger partial charge in [-0.25, -0.2) is 18.0 Å². The average molecular weight is 532 g/mol. The van der Waals surface area contributed by atoms with Gasteiger partial charge in [0.2, 0.25) is 5.92 Å². The molecule has 2 amide bonds. The summed E-state index contributed by atoms with van der Waals surface area (Å²) in [4.78, 5) is 17.7. The molecule has 1 heterocycles. The number of halogens is 3. The Morgan fingerprint density at radius 1 is 1.13 bits per heavy atom. The van der Waals surface area contributed by atoms with E-state index < -0.39 is 11.3 Å². The van der Waals surface area contributed by atoms with Crippen LogP contribution in [0.1, 0.15) is 88.1 Å². The van der Waals surface area contributed by atoms with Crippen molar-refractivity contribution in [3.63, 3.8) is 0 Å². The molecule has 0 saturated heterocycles. The SMILES string of the molecule is CC(NC(=O)N(C)C)c1ccc(OC2CCCC(Cc3ccnc(C4(C)CCC(F)(F)CC4)c3F)C2)cc1. The van der Waals surface area contributed by atoms with Gasteiger partial charge in [-0.05, 0) is 87.1 Å². The van der Waals surface area contributed by atoms with Gasteiger partial charge in [0.25, 0.3) is 0 Å². The summed E-state index contributed by atoms with van der Waals surface area (Å²) in [5.41, 5.74) is 1.30. The van der Waals surface area contributed by atoms with Gasteiger partial charge in [0.05, 0.1) is 17.8 Å². The van der Waals surface area contributed by atoms with Crippen molar-refractivity contribution in [3.05, 3.63) is 59.2 Å². The molecule has 0 bridgehead atoms. The highest BCUT2D eigenvalue weighted by molar-refractivity contribution is 5.74. The van der Waals surface area contributed by atoms with Crippen LogP contribution in [-0.2, 0) is 11.8 Å². The number of rotatable bonds is 7. The third kappa shape index (κ3) is 6.80. The number of aromatic nitrogens is 1. The summed E-state index contributed by atoms with van der Waals surface area (Å²) in [6, 6.07) is 9.27. The highest BCUT2D eigenvalue weighted by Crippen LogP contribution is 2.45. The third-order valence-electron chi connectivity index (χ3n) is 8.30. The predicted molar refractivity (Wildman–Crippen MR) is 142 cm³/mol. The van der Waals surface area contributed by atoms with Gasteiger partial charge >= 0.3 is 6.03 Å². The number of urea groups is 1. The molecule has 2 saturated carbocycles. The molecular weight excluding hydrogens is 491 g/mol. The molecule has 3 atom stereocenters. The molecule has 4 rings (SSSR count). The van der Waals surface area contributed by atoms with E-state index in [-0.39, 0.29) is 55.6 Å². The molecule has 2 aromatic rings. The van der Waals surface area contributed by atoms with E-state index in [0.717, 1.165) is 37.0 Å². The number of nitrogens with zero attached hydrogens (tertiary/aromatic N) is 2. The molecule has 1 N–H and O–H groups in total. The molecule has 208 valence electrons. The molecule has 0 radical (unpaired) electrons. The van der Waals surface area contributed by atoms with Crippen LogP contribution in [-0.4, -0.2) is 42.0 Å². The minimum absolute atomic E-state index is 0.0490. The summed E-state index contributed by atoms with van der Waals surface area (Å²) in [7, 11) is 3.41. The van der Waals surface area contributed by atoms with Crippen LogP contribution in [0.4, 0.5) is 18.0 Å². The summed E-state index contributed by atoms with van der Waals surface area (Å²) in [5.74, 6) is -1.92. The maximum absolute atomic E-state index is 15.6. The van der Waals surface area contributed by atoms with E-state index in [1.165, 1.54) is 4.90 Å². The first-order chi connectivity index (χ1) is 18.0. The topological polar surface area (TPSA) is 54.5 Å². The molecule has 3 unspecified atom stereocenters. The Bertz CT molecular complexity index is 1100. The fourth-order valence-corrected chi connectivity index (χ4v) is 5.74. The minimum Gasteiger partial charge on any atom is -0.490 e. The Morgan fingerprint density at radius 2 is 1.82 bits per heavy atom. The van der Waals surface area contributed by atoms with Crippen molar-refractivity contribution in [1.29, 1.82) is 0 Å². The first-order valence-electron chi connectivity index (χ1n) is 13.7. The second-order valence-electron chi connectivity index (χ2n) is 11.7. The summed E-state index contributed by atoms with van der Waals surface area (Å²) in [6.07, 6.45) is 6.10. The van der Waals surface area contributed by atoms with Gasteiger partial charge in [0, 0.05) is 38.5 Å². The van der Waals surface area contributed by atoms with Crippen molar-refractivity contribution in [3.8, 4) is 5.75 Å². The molecule has 0 aliphatic heterocycles. The van der Waals surface area contributed by atoms with Gasteiger partial charge < -0.3 is 15.0 Å². The van der Waals surface area contributed by atoms with Crippen LogP contribution in [0, 0.1) is 11.7 Å². The summed E-state index contributed by atoms with van der Waals surface area (Å²) in [6.45, 7) is 3.81. The van der Waals surface area contributed by atoms with Crippen LogP contribution in [0.2, 0.25) is 0 Å². The lowest BCUT2D eigenvalue weighted by atomic mass is 9.71. The van der Waals surface area contributed by atoms with E-state index >= 15 is 4.39 Å². The molecular formula is C30H40F3N3O2. The van der Waals surface area contributed by atoms with E-state index in [9.17, 15) is 13.6 Å². The average Bonchev–Trinajstić information content (AvgIpc) is 2.88. The number of nitrogens with one attached hydrogen (secondary N) is 1. The van der Waals surface area contributed by atoms with Gasteiger partial charge in [-0.3, -0.25) is 4.98 Å². The Morgan fingerprint density at radius 3 is 2.47 bits per heavy atom. The van der Waals surface area contributed by atoms with Crippen molar-refractivity contribution in [2.75, 3.05) is 14.1 Å². The van der Waals surface area contributed by atoms with Crippen molar-refractivity contribution in [1.82, 2.24) is 15.2 Å². The molecule has 2 fully saturated rings. The van der Waals surface area contributed by atoms with E-state index in [2.05, 4.69) is 10.3 Å². The van der Waals surface area contributed by atoms with Gasteiger partial charge in [-0.2, -0.15) is 0 Å². The number of pyridine rings is 1. The fourth-order valence-electron chi connectivity index (χ4n) is 5.74. The Balaban J connectivity index is 1.36. The number of ether oxygens (including phenoxy) is 1. The van der Waals surface area contributed by atoms with E-state index in [0.29, 0.717) is 17.7 Å². The molecule has 1 aromatic carbocycles. The number of hydrogen-bond acceptors (Lipinski definition) is 3. The predicted octanol–water partition coefficient (Wildman–Crippen LogP) is 7.20. The van der Waals surface area contributed by atoms with Crippen molar-refractivity contribution < 1.29 is 22.7 Å². The summed E-state index contributed by atoms with van der Waals surface area (Å²) >= 11 is 0. The molecule has 0 spiro atoms. The lowest BCUT2D eigenvalue weighted by molar-refractivity contribution is -0.0506. The van der Waals surface area contributed by atoms with Crippen LogP contribution in [0.15, 0.2) is 36.5 Å². The fraction of sp³-hybridized carbons (Fsp3) is 0.600. The molecule has 2 aliphatic rings. The number of carbonyl (C=O) groups excluding carboxylic acids is 1. The van der Waals surface area contributed by atoms with Crippen molar-refractivity contribution >= 4 is 6.03 Å². The number of carbonyl (C=O) groups is 1. The zero-order chi connectivity index (χ0) is 27.5. The van der Waals surface area contributed by atoms with Gasteiger partial charge in [0.1, 0.15) is 11.6 Å². The first-order valence-corrected chi connectivity index (χ1v) is 13.7. The summed E-state index contributed by atoms with van der Waals surface area (Å²) in [5, 5.41) is 2.94. The smallest absolute Gasteiger partial charge is 0.317 e. The number of hydrogen-bond donors (Lipinski definition) is 1. The molecule has 2 aliphatic carbocycles. The number of amides is 2. The lowest BCUT2D eigenvalue weighted by Gasteiger charge is -2.37. The largest absolute Gasteiger partial charge is 0.490 e. The van der Waals surface area contributed by atoms with E-state index in [1.807, 2.05) is 38.1 Å². The number of benzene rings is 1. The van der Waals surface area contributed by atoms with E-state index in [1.54, 1.807) is 26.4 Å². The minimum atomic E-state index is -2.66. The van der Waals surface area contributed by atoms with Crippen molar-refractivity contribution in [2.45, 2.75) is 95.1 Å². The Hall–Kier alpha value is -2.77. The van der Waals surface area contributed by atoms with E-state index in [4.69, 9.17) is 4.74 Å². The van der Waals surface area contributed by atoms with Crippen molar-refractivity contribution in [2.24, 2.45) is 5.92 Å². The molecule has 38 heavy (non-hydrogen) atoms. The highest BCUT2D eigenvalue weighted by Gasteiger charge is 2.43. The van der Waals surface area contributed by atoms with Crippen LogP contribution in [0.3, 0.4) is 0 Å². The number of alkyl halides is 2. The van der Waals surface area contributed by atoms with Gasteiger partial charge in [0.15, 0.2) is 0 Å².